The van der Waals surface area contributed by atoms with Crippen LogP contribution in [-0.4, -0.2) is 34.7 Å². The minimum atomic E-state index is -0.388. The van der Waals surface area contributed by atoms with Gasteiger partial charge in [0.1, 0.15) is 11.9 Å². The number of rotatable bonds is 3. The molecule has 1 aliphatic rings. The first kappa shape index (κ1) is 12.1. The first-order valence-electron chi connectivity index (χ1n) is 5.96. The number of nitrogens with one attached hydrogen (secondary N) is 1. The van der Waals surface area contributed by atoms with E-state index in [4.69, 9.17) is 4.74 Å². The van der Waals surface area contributed by atoms with E-state index in [-0.39, 0.29) is 18.1 Å². The van der Waals surface area contributed by atoms with Gasteiger partial charge < -0.3 is 14.6 Å². The third-order valence-electron chi connectivity index (χ3n) is 3.18. The summed E-state index contributed by atoms with van der Waals surface area (Å²) < 4.78 is 7.12. The van der Waals surface area contributed by atoms with Crippen LogP contribution in [0.4, 0.5) is 0 Å². The van der Waals surface area contributed by atoms with Crippen molar-refractivity contribution in [3.8, 4) is 0 Å². The third-order valence-corrected chi connectivity index (χ3v) is 3.18. The molecule has 0 aliphatic carbocycles. The predicted octanol–water partition coefficient (Wildman–Crippen LogP) is 0.657. The summed E-state index contributed by atoms with van der Waals surface area (Å²) in [4.78, 5) is 16.1. The Bertz CT molecular complexity index is 414. The summed E-state index contributed by atoms with van der Waals surface area (Å²) >= 11 is 0. The fraction of sp³-hybridized carbons (Fsp3) is 0.667. The number of amides is 1. The van der Waals surface area contributed by atoms with Crippen LogP contribution in [0.5, 0.6) is 0 Å². The quantitative estimate of drug-likeness (QED) is 0.840. The summed E-state index contributed by atoms with van der Waals surface area (Å²) in [6.45, 7) is 4.55. The molecule has 2 rings (SSSR count). The number of carbonyl (C=O) groups is 1. The van der Waals surface area contributed by atoms with Crippen molar-refractivity contribution in [2.45, 2.75) is 45.4 Å². The van der Waals surface area contributed by atoms with Crippen molar-refractivity contribution in [3.63, 3.8) is 0 Å². The second-order valence-corrected chi connectivity index (χ2v) is 4.57. The van der Waals surface area contributed by atoms with Crippen LogP contribution in [0.25, 0.3) is 0 Å². The fourth-order valence-corrected chi connectivity index (χ4v) is 2.13. The highest BCUT2D eigenvalue weighted by Gasteiger charge is 2.22. The van der Waals surface area contributed by atoms with Crippen LogP contribution in [0, 0.1) is 6.92 Å². The lowest BCUT2D eigenvalue weighted by molar-refractivity contribution is -0.131. The summed E-state index contributed by atoms with van der Waals surface area (Å²) in [7, 11) is 1.54. The zero-order valence-electron chi connectivity index (χ0n) is 10.6. The molecule has 0 unspecified atom stereocenters. The number of methoxy groups -OCH3 is 1. The van der Waals surface area contributed by atoms with Crippen molar-refractivity contribution in [1.29, 1.82) is 0 Å². The molecule has 0 fully saturated rings. The normalized spacial score (nSPS) is 20.8. The van der Waals surface area contributed by atoms with Crippen LogP contribution in [0.2, 0.25) is 0 Å². The summed E-state index contributed by atoms with van der Waals surface area (Å²) in [6, 6.07) is 0.182. The van der Waals surface area contributed by atoms with Crippen molar-refractivity contribution >= 4 is 5.91 Å². The van der Waals surface area contributed by atoms with Gasteiger partial charge in [-0.3, -0.25) is 4.79 Å². The van der Waals surface area contributed by atoms with Gasteiger partial charge in [0.05, 0.1) is 5.69 Å². The molecule has 5 nitrogen and oxygen atoms in total. The summed E-state index contributed by atoms with van der Waals surface area (Å²) in [6.07, 6.45) is 3.51. The van der Waals surface area contributed by atoms with E-state index in [1.54, 1.807) is 14.0 Å². The number of fused-ring (bicyclic) bond motifs is 1. The van der Waals surface area contributed by atoms with Gasteiger partial charge >= 0.3 is 0 Å². The number of carbonyl (C=O) groups excluding carboxylic acids is 1. The molecule has 1 aromatic heterocycles. The van der Waals surface area contributed by atoms with E-state index in [0.29, 0.717) is 0 Å². The number of aromatic nitrogens is 2. The summed E-state index contributed by atoms with van der Waals surface area (Å²) in [5.41, 5.74) is 1.04. The fourth-order valence-electron chi connectivity index (χ4n) is 2.13. The van der Waals surface area contributed by atoms with Gasteiger partial charge in [0.15, 0.2) is 0 Å². The van der Waals surface area contributed by atoms with Crippen molar-refractivity contribution < 1.29 is 9.53 Å². The Kier molecular flexibility index (Phi) is 3.47. The zero-order valence-corrected chi connectivity index (χ0v) is 10.6. The molecule has 1 aliphatic heterocycles. The molecule has 94 valence electrons. The van der Waals surface area contributed by atoms with Gasteiger partial charge in [0.25, 0.3) is 0 Å². The second kappa shape index (κ2) is 4.87. The Balaban J connectivity index is 1.96. The smallest absolute Gasteiger partial charge is 0.249 e. The Morgan fingerprint density at radius 1 is 1.71 bits per heavy atom. The van der Waals surface area contributed by atoms with E-state index in [9.17, 15) is 4.79 Å². The lowest BCUT2D eigenvalue weighted by Crippen LogP contribution is -2.45. The molecule has 2 atom stereocenters. The maximum absolute atomic E-state index is 11.7. The van der Waals surface area contributed by atoms with E-state index in [0.717, 1.165) is 30.9 Å². The number of imidazole rings is 1. The molecule has 2 heterocycles. The first-order valence-corrected chi connectivity index (χ1v) is 5.96. The molecular weight excluding hydrogens is 218 g/mol. The van der Waals surface area contributed by atoms with E-state index in [2.05, 4.69) is 14.9 Å². The Hall–Kier alpha value is -1.36. The van der Waals surface area contributed by atoms with Crippen molar-refractivity contribution in [2.24, 2.45) is 0 Å². The lowest BCUT2D eigenvalue weighted by Gasteiger charge is -2.25. The average molecular weight is 237 g/mol. The van der Waals surface area contributed by atoms with Crippen LogP contribution in [0.3, 0.4) is 0 Å². The molecule has 0 radical (unpaired) electrons. The number of aryl methyl sites for hydroxylation is 2. The van der Waals surface area contributed by atoms with E-state index in [1.807, 2.05) is 13.1 Å². The highest BCUT2D eigenvalue weighted by atomic mass is 16.5. The van der Waals surface area contributed by atoms with Crippen LogP contribution < -0.4 is 5.32 Å². The first-order chi connectivity index (χ1) is 8.10. The second-order valence-electron chi connectivity index (χ2n) is 4.57. The minimum Gasteiger partial charge on any atom is -0.372 e. The Morgan fingerprint density at radius 3 is 3.18 bits per heavy atom. The maximum Gasteiger partial charge on any atom is 0.249 e. The predicted molar refractivity (Wildman–Crippen MR) is 63.7 cm³/mol. The van der Waals surface area contributed by atoms with Gasteiger partial charge in [-0.15, -0.1) is 0 Å². The molecule has 0 saturated carbocycles. The van der Waals surface area contributed by atoms with Crippen molar-refractivity contribution in [1.82, 2.24) is 14.9 Å². The molecule has 1 aromatic rings. The van der Waals surface area contributed by atoms with Gasteiger partial charge in [-0.2, -0.15) is 0 Å². The molecule has 0 bridgehead atoms. The topological polar surface area (TPSA) is 56.1 Å². The number of nitrogens with zero attached hydrogens (tertiary/aromatic N) is 2. The number of hydrogen-bond acceptors (Lipinski definition) is 3. The SMILES string of the molecule is CO[C@@H](C)C(=O)N[C@H]1CCc2nc(C)cn2C1. The van der Waals surface area contributed by atoms with Gasteiger partial charge in [-0.1, -0.05) is 0 Å². The average Bonchev–Trinajstić information content (AvgIpc) is 2.67. The maximum atomic E-state index is 11.7. The molecule has 17 heavy (non-hydrogen) atoms. The number of hydrogen-bond donors (Lipinski definition) is 1. The molecule has 0 saturated heterocycles. The standard InChI is InChI=1S/C12H19N3O2/c1-8-6-15-7-10(4-5-11(15)13-8)14-12(16)9(2)17-3/h6,9-10H,4-5,7H2,1-3H3,(H,14,16)/t9-,10-/m0/s1. The van der Waals surface area contributed by atoms with Gasteiger partial charge in [0.2, 0.25) is 5.91 Å². The van der Waals surface area contributed by atoms with Crippen molar-refractivity contribution in [2.75, 3.05) is 7.11 Å². The Labute approximate surface area is 101 Å². The highest BCUT2D eigenvalue weighted by molar-refractivity contribution is 5.80. The van der Waals surface area contributed by atoms with Crippen molar-refractivity contribution in [3.05, 3.63) is 17.7 Å². The largest absolute Gasteiger partial charge is 0.372 e. The number of ether oxygens (including phenoxy) is 1. The third kappa shape index (κ3) is 2.66. The van der Waals surface area contributed by atoms with Crippen LogP contribution in [0.1, 0.15) is 24.9 Å². The van der Waals surface area contributed by atoms with Crippen LogP contribution in [-0.2, 0) is 22.5 Å². The lowest BCUT2D eigenvalue weighted by atomic mass is 10.1. The molecule has 0 aromatic carbocycles. The Morgan fingerprint density at radius 2 is 2.47 bits per heavy atom. The van der Waals surface area contributed by atoms with Crippen LogP contribution in [0.15, 0.2) is 6.20 Å². The van der Waals surface area contributed by atoms with Gasteiger partial charge in [-0.05, 0) is 20.3 Å². The summed E-state index contributed by atoms with van der Waals surface area (Å²) in [5, 5.41) is 3.01. The molecule has 5 heteroatoms. The van der Waals surface area contributed by atoms with E-state index >= 15 is 0 Å². The monoisotopic (exact) mass is 237 g/mol. The summed E-state index contributed by atoms with van der Waals surface area (Å²) in [5.74, 6) is 1.07. The zero-order chi connectivity index (χ0) is 12.4. The van der Waals surface area contributed by atoms with Gasteiger partial charge in [0, 0.05) is 32.3 Å². The van der Waals surface area contributed by atoms with E-state index < -0.39 is 0 Å². The highest BCUT2D eigenvalue weighted by Crippen LogP contribution is 2.15. The minimum absolute atomic E-state index is 0.0437. The molecule has 0 spiro atoms. The molecular formula is C12H19N3O2. The van der Waals surface area contributed by atoms with E-state index in [1.165, 1.54) is 0 Å². The van der Waals surface area contributed by atoms with Gasteiger partial charge in [-0.25, -0.2) is 4.98 Å². The molecule has 1 N–H and O–H groups in total. The van der Waals surface area contributed by atoms with Crippen LogP contribution >= 0.6 is 0 Å². The molecule has 1 amide bonds.